The number of nitrogens with two attached hydrogens (primary N) is 1. The van der Waals surface area contributed by atoms with Crippen molar-refractivity contribution >= 4 is 27.5 Å². The summed E-state index contributed by atoms with van der Waals surface area (Å²) < 4.78 is 14.5. The number of halogens is 3. The van der Waals surface area contributed by atoms with Gasteiger partial charge in [0.1, 0.15) is 5.82 Å². The normalized spacial score (nSPS) is 12.5. The maximum absolute atomic E-state index is 13.7. The van der Waals surface area contributed by atoms with E-state index in [0.29, 0.717) is 17.0 Å². The highest BCUT2D eigenvalue weighted by Crippen LogP contribution is 2.26. The van der Waals surface area contributed by atoms with Crippen LogP contribution in [0.4, 0.5) is 4.39 Å². The molecule has 0 bridgehead atoms. The second-order valence-corrected chi connectivity index (χ2v) is 5.89. The van der Waals surface area contributed by atoms with E-state index in [4.69, 9.17) is 17.3 Å². The molecule has 0 saturated heterocycles. The van der Waals surface area contributed by atoms with Crippen LogP contribution in [0.1, 0.15) is 22.7 Å². The fourth-order valence-corrected chi connectivity index (χ4v) is 2.76. The lowest BCUT2D eigenvalue weighted by Crippen LogP contribution is -2.14. The smallest absolute Gasteiger partial charge is 0.126 e. The Morgan fingerprint density at radius 1 is 1.26 bits per heavy atom. The van der Waals surface area contributed by atoms with Crippen LogP contribution in [0.25, 0.3) is 0 Å². The Bertz CT molecular complexity index is 601. The fourth-order valence-electron chi connectivity index (χ4n) is 1.98. The van der Waals surface area contributed by atoms with Crippen molar-refractivity contribution in [3.05, 3.63) is 68.4 Å². The standard InChI is InChI=1S/C15H14BrClFN/c1-9-2-4-12(13(17)6-9)15(19)8-10-7-11(16)3-5-14(10)18/h2-7,15H,8,19H2,1H3. The molecule has 2 aromatic carbocycles. The van der Waals surface area contributed by atoms with E-state index < -0.39 is 0 Å². The molecule has 0 aliphatic heterocycles. The zero-order valence-corrected chi connectivity index (χ0v) is 12.8. The van der Waals surface area contributed by atoms with E-state index in [2.05, 4.69) is 15.9 Å². The number of rotatable bonds is 3. The highest BCUT2D eigenvalue weighted by Gasteiger charge is 2.13. The summed E-state index contributed by atoms with van der Waals surface area (Å²) in [5.74, 6) is -0.248. The molecule has 0 amide bonds. The van der Waals surface area contributed by atoms with Crippen LogP contribution in [0.15, 0.2) is 40.9 Å². The molecule has 0 aromatic heterocycles. The molecular formula is C15H14BrClFN. The Balaban J connectivity index is 2.25. The van der Waals surface area contributed by atoms with Crippen LogP contribution < -0.4 is 5.73 Å². The van der Waals surface area contributed by atoms with Gasteiger partial charge in [-0.1, -0.05) is 39.7 Å². The van der Waals surface area contributed by atoms with Gasteiger partial charge < -0.3 is 5.73 Å². The molecule has 0 fully saturated rings. The van der Waals surface area contributed by atoms with Crippen LogP contribution in [0, 0.1) is 12.7 Å². The Hall–Kier alpha value is -0.900. The Morgan fingerprint density at radius 2 is 2.00 bits per heavy atom. The minimum atomic E-state index is -0.322. The zero-order chi connectivity index (χ0) is 14.0. The van der Waals surface area contributed by atoms with Crippen molar-refractivity contribution in [3.8, 4) is 0 Å². The molecule has 2 N–H and O–H groups in total. The third-order valence-corrected chi connectivity index (χ3v) is 3.82. The van der Waals surface area contributed by atoms with Crippen molar-refractivity contribution < 1.29 is 4.39 Å². The molecule has 0 heterocycles. The molecule has 0 aliphatic rings. The van der Waals surface area contributed by atoms with Gasteiger partial charge in [-0.15, -0.1) is 0 Å². The Kier molecular flexibility index (Phi) is 4.61. The van der Waals surface area contributed by atoms with Crippen molar-refractivity contribution in [1.29, 1.82) is 0 Å². The third-order valence-electron chi connectivity index (χ3n) is 3.00. The van der Waals surface area contributed by atoms with Gasteiger partial charge in [0, 0.05) is 15.5 Å². The minimum Gasteiger partial charge on any atom is -0.324 e. The monoisotopic (exact) mass is 341 g/mol. The average Bonchev–Trinajstić information content (AvgIpc) is 2.33. The molecule has 1 unspecified atom stereocenters. The van der Waals surface area contributed by atoms with E-state index in [1.165, 1.54) is 6.07 Å². The molecule has 100 valence electrons. The Morgan fingerprint density at radius 3 is 2.68 bits per heavy atom. The first-order chi connectivity index (χ1) is 8.97. The molecule has 1 nitrogen and oxygen atoms in total. The van der Waals surface area contributed by atoms with Crippen LogP contribution in [0.5, 0.6) is 0 Å². The van der Waals surface area contributed by atoms with E-state index >= 15 is 0 Å². The molecule has 1 atom stereocenters. The molecule has 2 rings (SSSR count). The van der Waals surface area contributed by atoms with Gasteiger partial charge in [-0.05, 0) is 54.3 Å². The molecule has 4 heteroatoms. The van der Waals surface area contributed by atoms with Gasteiger partial charge in [0.25, 0.3) is 0 Å². The van der Waals surface area contributed by atoms with Crippen molar-refractivity contribution in [2.24, 2.45) is 5.73 Å². The van der Waals surface area contributed by atoms with Gasteiger partial charge >= 0.3 is 0 Å². The summed E-state index contributed by atoms with van der Waals surface area (Å²) in [5, 5.41) is 0.628. The van der Waals surface area contributed by atoms with Crippen LogP contribution in [0.3, 0.4) is 0 Å². The summed E-state index contributed by atoms with van der Waals surface area (Å²) in [4.78, 5) is 0. The lowest BCUT2D eigenvalue weighted by molar-refractivity contribution is 0.593. The summed E-state index contributed by atoms with van der Waals surface area (Å²) in [6.07, 6.45) is 0.411. The van der Waals surface area contributed by atoms with Gasteiger partial charge in [0.2, 0.25) is 0 Å². The van der Waals surface area contributed by atoms with E-state index in [-0.39, 0.29) is 11.9 Å². The van der Waals surface area contributed by atoms with Gasteiger partial charge in [0.15, 0.2) is 0 Å². The number of hydrogen-bond acceptors (Lipinski definition) is 1. The quantitative estimate of drug-likeness (QED) is 0.852. The van der Waals surface area contributed by atoms with Crippen molar-refractivity contribution in [1.82, 2.24) is 0 Å². The molecule has 0 radical (unpaired) electrons. The summed E-state index contributed by atoms with van der Waals surface area (Å²) in [5.41, 5.74) is 8.63. The largest absolute Gasteiger partial charge is 0.324 e. The zero-order valence-electron chi connectivity index (χ0n) is 10.5. The molecule has 2 aromatic rings. The van der Waals surface area contributed by atoms with Crippen LogP contribution in [-0.4, -0.2) is 0 Å². The van der Waals surface area contributed by atoms with E-state index in [9.17, 15) is 4.39 Å². The first kappa shape index (κ1) is 14.5. The average molecular weight is 343 g/mol. The van der Waals surface area contributed by atoms with Gasteiger partial charge in [-0.25, -0.2) is 4.39 Å². The predicted octanol–water partition coefficient (Wildman–Crippen LogP) is 4.79. The summed E-state index contributed by atoms with van der Waals surface area (Å²) >= 11 is 9.51. The van der Waals surface area contributed by atoms with Gasteiger partial charge in [-0.3, -0.25) is 0 Å². The van der Waals surface area contributed by atoms with Crippen molar-refractivity contribution in [2.45, 2.75) is 19.4 Å². The summed E-state index contributed by atoms with van der Waals surface area (Å²) in [7, 11) is 0. The minimum absolute atomic E-state index is 0.248. The van der Waals surface area contributed by atoms with Crippen molar-refractivity contribution in [2.75, 3.05) is 0 Å². The molecular weight excluding hydrogens is 329 g/mol. The summed E-state index contributed by atoms with van der Waals surface area (Å²) in [6.45, 7) is 1.97. The highest BCUT2D eigenvalue weighted by atomic mass is 79.9. The first-order valence-electron chi connectivity index (χ1n) is 5.93. The number of aryl methyl sites for hydroxylation is 1. The fraction of sp³-hybridized carbons (Fsp3) is 0.200. The highest BCUT2D eigenvalue weighted by molar-refractivity contribution is 9.10. The predicted molar refractivity (Wildman–Crippen MR) is 80.9 cm³/mol. The van der Waals surface area contributed by atoms with Crippen LogP contribution in [0.2, 0.25) is 5.02 Å². The van der Waals surface area contributed by atoms with Crippen LogP contribution in [-0.2, 0) is 6.42 Å². The molecule has 0 spiro atoms. The molecule has 0 saturated carbocycles. The Labute approximate surface area is 125 Å². The van der Waals surface area contributed by atoms with E-state index in [0.717, 1.165) is 15.6 Å². The SMILES string of the molecule is Cc1ccc(C(N)Cc2cc(Br)ccc2F)c(Cl)c1. The maximum atomic E-state index is 13.7. The van der Waals surface area contributed by atoms with Gasteiger partial charge in [0.05, 0.1) is 0 Å². The third kappa shape index (κ3) is 3.56. The maximum Gasteiger partial charge on any atom is 0.126 e. The van der Waals surface area contributed by atoms with E-state index in [1.807, 2.05) is 25.1 Å². The summed E-state index contributed by atoms with van der Waals surface area (Å²) in [6, 6.07) is 10.3. The molecule has 19 heavy (non-hydrogen) atoms. The first-order valence-corrected chi connectivity index (χ1v) is 7.10. The van der Waals surface area contributed by atoms with Crippen molar-refractivity contribution in [3.63, 3.8) is 0 Å². The second-order valence-electron chi connectivity index (χ2n) is 4.57. The second kappa shape index (κ2) is 6.04. The van der Waals surface area contributed by atoms with E-state index in [1.54, 1.807) is 12.1 Å². The molecule has 0 aliphatic carbocycles. The lowest BCUT2D eigenvalue weighted by atomic mass is 9.98. The number of hydrogen-bond donors (Lipinski definition) is 1. The van der Waals surface area contributed by atoms with Crippen LogP contribution >= 0.6 is 27.5 Å². The number of benzene rings is 2. The van der Waals surface area contributed by atoms with Gasteiger partial charge in [-0.2, -0.15) is 0 Å². The topological polar surface area (TPSA) is 26.0 Å². The lowest BCUT2D eigenvalue weighted by Gasteiger charge is -2.15.